The second kappa shape index (κ2) is 26.2. The van der Waals surface area contributed by atoms with Crippen LogP contribution in [0.25, 0.3) is 48.8 Å². The molecule has 0 aliphatic rings. The van der Waals surface area contributed by atoms with Crippen LogP contribution >= 0.6 is 166 Å². The van der Waals surface area contributed by atoms with E-state index in [9.17, 15) is 0 Å². The molecule has 0 amide bonds. The summed E-state index contributed by atoms with van der Waals surface area (Å²) in [7, 11) is 0. The largest absolute Gasteiger partial charge is 2.00 e. The van der Waals surface area contributed by atoms with Gasteiger partial charge in [0.1, 0.15) is 0 Å². The minimum atomic E-state index is 0. The van der Waals surface area contributed by atoms with Crippen molar-refractivity contribution in [2.45, 2.75) is 126 Å². The molecule has 9 aromatic rings. The summed E-state index contributed by atoms with van der Waals surface area (Å²) in [6, 6.07) is 26.8. The first-order chi connectivity index (χ1) is 31.6. The molecule has 0 fully saturated rings. The maximum absolute atomic E-state index is 3.81. The fourth-order valence-electron chi connectivity index (χ4n) is 6.36. The summed E-state index contributed by atoms with van der Waals surface area (Å²) < 4.78 is 4.72. The molecule has 9 rings (SSSR count). The third kappa shape index (κ3) is 16.7. The van der Waals surface area contributed by atoms with Gasteiger partial charge in [0.15, 0.2) is 0 Å². The van der Waals surface area contributed by atoms with Gasteiger partial charge in [0.25, 0.3) is 0 Å². The Morgan fingerprint density at radius 2 is 0.800 bits per heavy atom. The fraction of sp³-hybridized carbons (Fsp3) is 0.345. The Bertz CT molecular complexity index is 3020. The molecule has 0 saturated carbocycles. The Balaban J connectivity index is 0.000000216. The Labute approximate surface area is 515 Å². The maximum atomic E-state index is 3.81. The second-order valence-electron chi connectivity index (χ2n) is 20.6. The van der Waals surface area contributed by atoms with Crippen LogP contribution in [0.4, 0.5) is 0 Å². The van der Waals surface area contributed by atoms with E-state index < -0.39 is 0 Å². The zero-order chi connectivity index (χ0) is 50.1. The van der Waals surface area contributed by atoms with Crippen molar-refractivity contribution in [1.29, 1.82) is 0 Å². The van der Waals surface area contributed by atoms with Gasteiger partial charge >= 0.3 is 23.1 Å². The number of hydrogen-bond donors (Lipinski definition) is 0. The summed E-state index contributed by atoms with van der Waals surface area (Å²) in [5.41, 5.74) is 4.86. The van der Waals surface area contributed by atoms with Gasteiger partial charge in [-0.1, -0.05) is 90.0 Å². The van der Waals surface area contributed by atoms with Crippen LogP contribution in [0.15, 0.2) is 101 Å². The summed E-state index contributed by atoms with van der Waals surface area (Å²) in [6.07, 6.45) is 0. The third-order valence-electron chi connectivity index (χ3n) is 10.3. The minimum Gasteiger partial charge on any atom is -1.00 e. The van der Waals surface area contributed by atoms with Crippen molar-refractivity contribution in [3.8, 4) is 48.8 Å². The molecule has 70 heavy (non-hydrogen) atoms. The predicted molar refractivity (Wildman–Crippen MR) is 338 cm³/mol. The van der Waals surface area contributed by atoms with Crippen molar-refractivity contribution in [3.05, 3.63) is 142 Å². The molecule has 0 aromatic carbocycles. The molecule has 15 heteroatoms. The first-order valence-corrected chi connectivity index (χ1v) is 32.7. The summed E-state index contributed by atoms with van der Waals surface area (Å²) in [6.45, 7) is 33.7. The number of halogens is 5. The van der Waals surface area contributed by atoms with Crippen molar-refractivity contribution >= 4 is 189 Å². The fourth-order valence-corrected chi connectivity index (χ4v) is 19.0. The van der Waals surface area contributed by atoms with Crippen LogP contribution in [0.5, 0.6) is 0 Å². The standard InChI is InChI=1S/C21H25BrS3.C17H17BrS3.C12H12Br2S2.C5H5S.BrH.Mg/c1-12-10-17(21(5,6)7)25-18(12)19-13(22)11-15(24-19)14-8-9-16(23-14)20(2,3)4;1-10-7-8-19-15(10)16-11(18)9-13(21-16)12-5-6-14(20-12)17(2,3)4;1-12(2,3)10-5-4-8(15-10)9-6-7(13)11(14)16-9;1-5-2-3-6-4-5;;/h8-11H,1-7H3;5-9H,1-4H3;4-6H,1-3H3;2-3H,1H3;1H;/q;;;-1;;+2/p-1. The molecular formula is C55H59Br5MgS9. The van der Waals surface area contributed by atoms with Crippen LogP contribution < -0.4 is 17.0 Å². The van der Waals surface area contributed by atoms with E-state index in [0.29, 0.717) is 0 Å². The molecule has 0 N–H and O–H groups in total. The van der Waals surface area contributed by atoms with Crippen molar-refractivity contribution in [2.24, 2.45) is 0 Å². The van der Waals surface area contributed by atoms with Crippen molar-refractivity contribution in [3.63, 3.8) is 0 Å². The molecule has 0 bridgehead atoms. The molecular weight excluding hydrogens is 1370 g/mol. The number of rotatable bonds is 5. The first kappa shape index (κ1) is 63.0. The van der Waals surface area contributed by atoms with Gasteiger partial charge in [-0.2, -0.15) is 10.9 Å². The van der Waals surface area contributed by atoms with E-state index in [1.165, 1.54) is 93.9 Å². The molecule has 0 nitrogen and oxygen atoms in total. The Morgan fingerprint density at radius 1 is 0.386 bits per heavy atom. The van der Waals surface area contributed by atoms with Gasteiger partial charge in [0, 0.05) is 71.9 Å². The minimum absolute atomic E-state index is 0. The summed E-state index contributed by atoms with van der Waals surface area (Å²) in [5.74, 6) is 0. The van der Waals surface area contributed by atoms with Crippen LogP contribution in [0.1, 0.15) is 119 Å². The third-order valence-corrected chi connectivity index (χ3v) is 26.5. The van der Waals surface area contributed by atoms with E-state index in [2.05, 4.69) is 238 Å². The summed E-state index contributed by atoms with van der Waals surface area (Å²) in [5, 5.41) is 7.23. The van der Waals surface area contributed by atoms with E-state index >= 15 is 0 Å². The molecule has 0 aliphatic heterocycles. The molecule has 9 heterocycles. The van der Waals surface area contributed by atoms with Crippen LogP contribution in [-0.2, 0) is 21.7 Å². The summed E-state index contributed by atoms with van der Waals surface area (Å²) >= 11 is 31.2. The monoisotopic (exact) mass is 1430 g/mol. The van der Waals surface area contributed by atoms with E-state index in [4.69, 9.17) is 0 Å². The van der Waals surface area contributed by atoms with Gasteiger partial charge in [-0.05, 0) is 182 Å². The Morgan fingerprint density at radius 3 is 1.10 bits per heavy atom. The first-order valence-electron chi connectivity index (χ1n) is 22.0. The van der Waals surface area contributed by atoms with Gasteiger partial charge < -0.3 is 28.3 Å². The molecule has 0 saturated heterocycles. The molecule has 0 unspecified atom stereocenters. The summed E-state index contributed by atoms with van der Waals surface area (Å²) in [4.78, 5) is 19.4. The predicted octanol–water partition coefficient (Wildman–Crippen LogP) is 21.2. The molecule has 0 atom stereocenters. The van der Waals surface area contributed by atoms with Gasteiger partial charge in [-0.25, -0.2) is 6.07 Å². The Hall–Kier alpha value is 0.466. The van der Waals surface area contributed by atoms with E-state index in [-0.39, 0.29) is 61.7 Å². The van der Waals surface area contributed by atoms with Crippen molar-refractivity contribution in [1.82, 2.24) is 0 Å². The molecule has 370 valence electrons. The van der Waals surface area contributed by atoms with Gasteiger partial charge in [0.2, 0.25) is 0 Å². The number of thiophene rings is 9. The molecule has 9 aromatic heterocycles. The topological polar surface area (TPSA) is 0 Å². The normalized spacial score (nSPS) is 11.7. The molecule has 0 aliphatic carbocycles. The van der Waals surface area contributed by atoms with Crippen molar-refractivity contribution in [2.75, 3.05) is 0 Å². The maximum Gasteiger partial charge on any atom is 2.00 e. The quantitative estimate of drug-likeness (QED) is 0.119. The molecule has 0 spiro atoms. The van der Waals surface area contributed by atoms with Crippen molar-refractivity contribution < 1.29 is 17.0 Å². The van der Waals surface area contributed by atoms with Crippen LogP contribution in [0.3, 0.4) is 0 Å². The zero-order valence-corrected chi connectivity index (χ0v) is 59.0. The number of aryl methyl sites for hydroxylation is 3. The van der Waals surface area contributed by atoms with Crippen LogP contribution in [-0.4, -0.2) is 23.1 Å². The van der Waals surface area contributed by atoms with Crippen LogP contribution in [0.2, 0.25) is 0 Å². The second-order valence-corrected chi connectivity index (χ2v) is 33.5. The average molecular weight is 1430 g/mol. The zero-order valence-electron chi connectivity index (χ0n) is 42.4. The van der Waals surface area contributed by atoms with Crippen LogP contribution in [0, 0.1) is 26.2 Å². The smallest absolute Gasteiger partial charge is 1.00 e. The van der Waals surface area contributed by atoms with Gasteiger partial charge in [-0.15, -0.1) is 96.1 Å². The van der Waals surface area contributed by atoms with E-state index in [0.717, 1.165) is 8.26 Å². The Kier molecular flexibility index (Phi) is 23.6. The van der Waals surface area contributed by atoms with E-state index in [1.54, 1.807) is 22.7 Å². The molecule has 0 radical (unpaired) electrons. The SMILES string of the molecule is CC(C)(C)c1ccc(-c2cc(Br)c(Br)s2)s1.Cc1[c-]scc1.Cc1cc(C(C)(C)C)sc1-c1sc(-c2ccc(C(C)(C)C)s2)cc1Br.Cc1ccsc1-c1sc(-c2ccc(C(C)(C)C)s2)cc1Br.[Br-].[Mg+2]. The number of hydrogen-bond acceptors (Lipinski definition) is 9. The van der Waals surface area contributed by atoms with E-state index in [1.807, 2.05) is 97.7 Å². The van der Waals surface area contributed by atoms with Gasteiger partial charge in [0.05, 0.1) is 13.5 Å². The van der Waals surface area contributed by atoms with Gasteiger partial charge in [-0.3, -0.25) is 0 Å². The average Bonchev–Trinajstić information content (AvgIpc) is 4.05.